The number of aliphatic carboxylic acids is 1. The molecule has 46 heavy (non-hydrogen) atoms. The van der Waals surface area contributed by atoms with E-state index in [1.165, 1.54) is 18.2 Å². The van der Waals surface area contributed by atoms with Crippen molar-refractivity contribution in [3.05, 3.63) is 101 Å². The molecule has 0 radical (unpaired) electrons. The van der Waals surface area contributed by atoms with E-state index in [0.29, 0.717) is 5.75 Å². The molecule has 0 saturated carbocycles. The Bertz CT molecular complexity index is 1740. The molecule has 0 amide bonds. The summed E-state index contributed by atoms with van der Waals surface area (Å²) in [4.78, 5) is 16.9. The van der Waals surface area contributed by atoms with Gasteiger partial charge >= 0.3 is 5.97 Å². The second kappa shape index (κ2) is 15.0. The number of hydrogen-bond donors (Lipinski definition) is 3. The van der Waals surface area contributed by atoms with Gasteiger partial charge in [0.25, 0.3) is 11.8 Å². The number of para-hydroxylation sites is 1. The van der Waals surface area contributed by atoms with Crippen molar-refractivity contribution in [2.45, 2.75) is 30.1 Å². The minimum absolute atomic E-state index is 0.0209. The van der Waals surface area contributed by atoms with Crippen molar-refractivity contribution in [2.24, 2.45) is 5.73 Å². The van der Waals surface area contributed by atoms with Crippen LogP contribution in [0.15, 0.2) is 77.7 Å². The Kier molecular flexibility index (Phi) is 10.7. The highest BCUT2D eigenvalue weighted by Gasteiger charge is 2.28. The fourth-order valence-electron chi connectivity index (χ4n) is 4.68. The SMILES string of the molecule is CN1CCNC1c1ccccc1Oc1nc(Oc2cc(C#N)ccc2OCc2ccccc2)c(F)c(SCCC(N)C(=O)O)c1F. The number of hydrogen-bond acceptors (Lipinski definition) is 10. The van der Waals surface area contributed by atoms with E-state index in [9.17, 15) is 10.1 Å². The minimum Gasteiger partial charge on any atom is -0.485 e. The van der Waals surface area contributed by atoms with Crippen LogP contribution in [0.2, 0.25) is 0 Å². The van der Waals surface area contributed by atoms with E-state index in [2.05, 4.69) is 15.2 Å². The summed E-state index contributed by atoms with van der Waals surface area (Å²) < 4.78 is 49.8. The highest BCUT2D eigenvalue weighted by molar-refractivity contribution is 7.99. The minimum atomic E-state index is -1.23. The van der Waals surface area contributed by atoms with Gasteiger partial charge in [0.15, 0.2) is 11.5 Å². The maximum atomic E-state index is 16.0. The number of nitrogens with one attached hydrogen (secondary N) is 1. The summed E-state index contributed by atoms with van der Waals surface area (Å²) in [5.41, 5.74) is 7.40. The van der Waals surface area contributed by atoms with Gasteiger partial charge in [-0.1, -0.05) is 48.5 Å². The summed E-state index contributed by atoms with van der Waals surface area (Å²) >= 11 is 0.721. The first-order valence-corrected chi connectivity index (χ1v) is 15.3. The van der Waals surface area contributed by atoms with E-state index >= 15 is 8.78 Å². The molecule has 1 aromatic heterocycles. The molecule has 2 heterocycles. The van der Waals surface area contributed by atoms with Gasteiger partial charge in [0, 0.05) is 30.5 Å². The van der Waals surface area contributed by atoms with Gasteiger partial charge in [0.1, 0.15) is 18.4 Å². The Morgan fingerprint density at radius 1 is 1.09 bits per heavy atom. The molecule has 238 valence electrons. The second-order valence-electron chi connectivity index (χ2n) is 10.4. The lowest BCUT2D eigenvalue weighted by Crippen LogP contribution is -2.30. The van der Waals surface area contributed by atoms with E-state index in [0.717, 1.165) is 36.0 Å². The average molecular weight is 648 g/mol. The van der Waals surface area contributed by atoms with E-state index in [1.807, 2.05) is 55.6 Å². The van der Waals surface area contributed by atoms with E-state index < -0.39 is 40.3 Å². The van der Waals surface area contributed by atoms with Crippen LogP contribution in [0, 0.1) is 23.0 Å². The first-order chi connectivity index (χ1) is 22.2. The van der Waals surface area contributed by atoms with Crippen LogP contribution in [0.4, 0.5) is 8.78 Å². The Hall–Kier alpha value is -4.74. The maximum absolute atomic E-state index is 16.0. The maximum Gasteiger partial charge on any atom is 0.320 e. The summed E-state index contributed by atoms with van der Waals surface area (Å²) in [5, 5.41) is 22.0. The van der Waals surface area contributed by atoms with Crippen LogP contribution in [0.25, 0.3) is 0 Å². The number of nitriles is 1. The van der Waals surface area contributed by atoms with E-state index in [-0.39, 0.29) is 42.0 Å². The van der Waals surface area contributed by atoms with E-state index in [4.69, 9.17) is 25.1 Å². The van der Waals surface area contributed by atoms with Crippen molar-refractivity contribution in [1.29, 1.82) is 5.26 Å². The lowest BCUT2D eigenvalue weighted by atomic mass is 10.1. The quantitative estimate of drug-likeness (QED) is 0.151. The lowest BCUT2D eigenvalue weighted by molar-refractivity contribution is -0.138. The summed E-state index contributed by atoms with van der Waals surface area (Å²) in [6.07, 6.45) is -0.266. The molecular weight excluding hydrogens is 616 g/mol. The zero-order valence-electron chi connectivity index (χ0n) is 24.8. The van der Waals surface area contributed by atoms with Gasteiger partial charge in [0.05, 0.1) is 22.7 Å². The van der Waals surface area contributed by atoms with Crippen LogP contribution < -0.4 is 25.3 Å². The zero-order chi connectivity index (χ0) is 32.6. The fourth-order valence-corrected chi connectivity index (χ4v) is 5.69. The molecule has 2 atom stereocenters. The Morgan fingerprint density at radius 2 is 1.78 bits per heavy atom. The smallest absolute Gasteiger partial charge is 0.320 e. The Labute approximate surface area is 268 Å². The second-order valence-corrected chi connectivity index (χ2v) is 11.5. The van der Waals surface area contributed by atoms with Crippen LogP contribution in [0.3, 0.4) is 0 Å². The normalized spacial score (nSPS) is 15.2. The molecule has 10 nitrogen and oxygen atoms in total. The van der Waals surface area contributed by atoms with Crippen molar-refractivity contribution >= 4 is 17.7 Å². The molecule has 0 bridgehead atoms. The first kappa shape index (κ1) is 32.6. The molecule has 5 rings (SSSR count). The van der Waals surface area contributed by atoms with Gasteiger partial charge in [-0.15, -0.1) is 11.8 Å². The summed E-state index contributed by atoms with van der Waals surface area (Å²) in [5.74, 6) is -4.21. The number of halogens is 2. The van der Waals surface area contributed by atoms with Crippen molar-refractivity contribution < 1.29 is 32.9 Å². The van der Waals surface area contributed by atoms with Crippen LogP contribution >= 0.6 is 11.8 Å². The average Bonchev–Trinajstić information content (AvgIpc) is 3.50. The number of rotatable bonds is 13. The van der Waals surface area contributed by atoms with Crippen LogP contribution in [0.5, 0.6) is 29.0 Å². The highest BCUT2D eigenvalue weighted by atomic mass is 32.2. The topological polar surface area (TPSA) is 143 Å². The molecule has 1 saturated heterocycles. The molecule has 4 aromatic rings. The number of carboxylic acids is 1. The monoisotopic (exact) mass is 647 g/mol. The standard InChI is InChI=1S/C33H31F2N5O5S/c1-40-15-14-38-30(40)22-9-5-6-10-24(22)44-31-27(34)29(46-16-13-23(37)33(41)42)28(35)32(39-31)45-26-17-21(18-36)11-12-25(26)43-19-20-7-3-2-4-8-20/h2-12,17,23,30,38H,13-16,19,37H2,1H3,(H,41,42). The third kappa shape index (κ3) is 7.72. The number of nitrogens with two attached hydrogens (primary N) is 1. The molecule has 1 aliphatic rings. The summed E-state index contributed by atoms with van der Waals surface area (Å²) in [7, 11) is 1.94. The van der Waals surface area contributed by atoms with Gasteiger partial charge in [0.2, 0.25) is 11.6 Å². The molecule has 13 heteroatoms. The molecule has 4 N–H and O–H groups in total. The van der Waals surface area contributed by atoms with Crippen LogP contribution in [0.1, 0.15) is 29.3 Å². The fraction of sp³-hybridized carbons (Fsp3) is 0.242. The Balaban J connectivity index is 1.52. The van der Waals surface area contributed by atoms with Crippen molar-refractivity contribution in [3.8, 4) is 35.1 Å². The van der Waals surface area contributed by atoms with Crippen LogP contribution in [-0.2, 0) is 11.4 Å². The number of nitrogens with zero attached hydrogens (tertiary/aromatic N) is 3. The summed E-state index contributed by atoms with van der Waals surface area (Å²) in [6.45, 7) is 1.68. The predicted molar refractivity (Wildman–Crippen MR) is 167 cm³/mol. The number of pyridine rings is 1. The van der Waals surface area contributed by atoms with Gasteiger partial charge in [-0.3, -0.25) is 15.0 Å². The number of benzene rings is 3. The summed E-state index contributed by atoms with van der Waals surface area (Å²) in [6, 6.07) is 21.5. The number of likely N-dealkylation sites (N-methyl/N-ethyl adjacent to an activating group) is 1. The van der Waals surface area contributed by atoms with Crippen molar-refractivity contribution in [2.75, 3.05) is 25.9 Å². The molecule has 3 aromatic carbocycles. The van der Waals surface area contributed by atoms with Crippen molar-refractivity contribution in [1.82, 2.24) is 15.2 Å². The first-order valence-electron chi connectivity index (χ1n) is 14.3. The van der Waals surface area contributed by atoms with Gasteiger partial charge in [-0.2, -0.15) is 19.0 Å². The number of thioether (sulfide) groups is 1. The molecular formula is C33H31F2N5O5S. The predicted octanol–water partition coefficient (Wildman–Crippen LogP) is 5.82. The third-order valence-corrected chi connectivity index (χ3v) is 8.24. The number of carbonyl (C=O) groups is 1. The zero-order valence-corrected chi connectivity index (χ0v) is 25.6. The van der Waals surface area contributed by atoms with E-state index in [1.54, 1.807) is 12.1 Å². The molecule has 0 aliphatic carbocycles. The molecule has 0 spiro atoms. The molecule has 1 fully saturated rings. The van der Waals surface area contributed by atoms with Crippen molar-refractivity contribution in [3.63, 3.8) is 0 Å². The van der Waals surface area contributed by atoms with Crippen LogP contribution in [-0.4, -0.2) is 52.9 Å². The van der Waals surface area contributed by atoms with Gasteiger partial charge in [-0.05, 0) is 37.2 Å². The highest BCUT2D eigenvalue weighted by Crippen LogP contribution is 2.41. The largest absolute Gasteiger partial charge is 0.485 e. The van der Waals surface area contributed by atoms with Gasteiger partial charge < -0.3 is 25.1 Å². The number of ether oxygens (including phenoxy) is 3. The third-order valence-electron chi connectivity index (χ3n) is 7.15. The number of aromatic nitrogens is 1. The molecule has 2 unspecified atom stereocenters. The number of carboxylic acid groups (broad SMARTS) is 1. The van der Waals surface area contributed by atoms with Gasteiger partial charge in [-0.25, -0.2) is 0 Å². The lowest BCUT2D eigenvalue weighted by Gasteiger charge is -2.22. The Morgan fingerprint density at radius 3 is 2.46 bits per heavy atom. The molecule has 1 aliphatic heterocycles.